The lowest BCUT2D eigenvalue weighted by atomic mass is 9.94. The molecule has 0 saturated carbocycles. The Hall–Kier alpha value is -0.880. The maximum atomic E-state index is 9.48. The number of piperazine rings is 1. The summed E-state index contributed by atoms with van der Waals surface area (Å²) in [6.45, 7) is 12.7. The quantitative estimate of drug-likeness (QED) is 0.818. The van der Waals surface area contributed by atoms with Crippen LogP contribution in [0.15, 0.2) is 22.8 Å². The summed E-state index contributed by atoms with van der Waals surface area (Å²) >= 11 is 0. The average molecular weight is 350 g/mol. The van der Waals surface area contributed by atoms with Gasteiger partial charge in [-0.1, -0.05) is 0 Å². The molecule has 25 heavy (non-hydrogen) atoms. The van der Waals surface area contributed by atoms with Crippen molar-refractivity contribution in [1.29, 1.82) is 0 Å². The number of hydrogen-bond donors (Lipinski definition) is 1. The van der Waals surface area contributed by atoms with E-state index in [0.717, 1.165) is 44.3 Å². The smallest absolute Gasteiger partial charge is 0.117 e. The van der Waals surface area contributed by atoms with E-state index < -0.39 is 0 Å². The molecule has 1 aromatic heterocycles. The second-order valence-corrected chi connectivity index (χ2v) is 8.05. The van der Waals surface area contributed by atoms with Crippen LogP contribution in [0.3, 0.4) is 0 Å². The second kappa shape index (κ2) is 9.17. The topological polar surface area (TPSA) is 43.1 Å². The molecule has 5 nitrogen and oxygen atoms in total. The first-order valence-electron chi connectivity index (χ1n) is 9.99. The molecule has 2 aliphatic rings. The Bertz CT molecular complexity index is 483. The summed E-state index contributed by atoms with van der Waals surface area (Å²) in [5.41, 5.74) is 0. The fourth-order valence-electron chi connectivity index (χ4n) is 4.37. The Balaban J connectivity index is 1.48. The molecule has 2 saturated heterocycles. The zero-order valence-corrected chi connectivity index (χ0v) is 15.9. The Morgan fingerprint density at radius 2 is 2.00 bits per heavy atom. The van der Waals surface area contributed by atoms with Crippen molar-refractivity contribution in [3.05, 3.63) is 24.2 Å². The maximum Gasteiger partial charge on any atom is 0.117 e. The third-order valence-electron chi connectivity index (χ3n) is 5.99. The fraction of sp³-hybridized carbons (Fsp3) is 0.800. The first-order valence-corrected chi connectivity index (χ1v) is 9.99. The molecule has 3 rings (SSSR count). The van der Waals surface area contributed by atoms with Gasteiger partial charge in [-0.2, -0.15) is 0 Å². The van der Waals surface area contributed by atoms with E-state index in [1.165, 1.54) is 32.5 Å². The summed E-state index contributed by atoms with van der Waals surface area (Å²) in [6, 6.07) is 5.11. The minimum Gasteiger partial charge on any atom is -0.468 e. The van der Waals surface area contributed by atoms with Gasteiger partial charge >= 0.3 is 0 Å². The summed E-state index contributed by atoms with van der Waals surface area (Å²) in [6.07, 6.45) is 5.25. The molecule has 0 bridgehead atoms. The van der Waals surface area contributed by atoms with E-state index in [9.17, 15) is 5.11 Å². The summed E-state index contributed by atoms with van der Waals surface area (Å²) in [7, 11) is 0. The zero-order valence-electron chi connectivity index (χ0n) is 15.9. The van der Waals surface area contributed by atoms with Crippen molar-refractivity contribution in [1.82, 2.24) is 14.7 Å². The number of hydrogen-bond acceptors (Lipinski definition) is 5. The zero-order chi connectivity index (χ0) is 17.6. The number of nitrogens with zero attached hydrogens (tertiary/aromatic N) is 3. The van der Waals surface area contributed by atoms with Crippen molar-refractivity contribution in [2.75, 3.05) is 45.9 Å². The lowest BCUT2D eigenvalue weighted by Crippen LogP contribution is -2.54. The molecule has 0 spiro atoms. The molecule has 2 fully saturated rings. The highest BCUT2D eigenvalue weighted by molar-refractivity contribution is 4.99. The normalized spacial score (nSPS) is 25.0. The van der Waals surface area contributed by atoms with Gasteiger partial charge in [-0.3, -0.25) is 4.90 Å². The third-order valence-corrected chi connectivity index (χ3v) is 5.99. The van der Waals surface area contributed by atoms with E-state index in [-0.39, 0.29) is 6.61 Å². The van der Waals surface area contributed by atoms with Crippen molar-refractivity contribution in [2.45, 2.75) is 51.7 Å². The second-order valence-electron chi connectivity index (χ2n) is 8.05. The molecule has 0 amide bonds. The number of furan rings is 1. The standard InChI is InChI=1S/C20H35N3O2/c1-17(2)22-8-5-18(6-9-22)14-21-10-11-23(19(15-21)7-12-24)16-20-4-3-13-25-20/h3-4,13,17-19,24H,5-12,14-16H2,1-2H3/t19-/m1/s1. The molecular weight excluding hydrogens is 314 g/mol. The first kappa shape index (κ1) is 18.9. The van der Waals surface area contributed by atoms with Gasteiger partial charge in [-0.15, -0.1) is 0 Å². The molecule has 5 heteroatoms. The molecule has 3 heterocycles. The van der Waals surface area contributed by atoms with E-state index in [2.05, 4.69) is 28.5 Å². The number of likely N-dealkylation sites (tertiary alicyclic amines) is 1. The Morgan fingerprint density at radius 3 is 2.64 bits per heavy atom. The van der Waals surface area contributed by atoms with Gasteiger partial charge in [0.15, 0.2) is 0 Å². The first-order chi connectivity index (χ1) is 12.2. The largest absolute Gasteiger partial charge is 0.468 e. The van der Waals surface area contributed by atoms with Crippen LogP contribution >= 0.6 is 0 Å². The molecule has 1 atom stereocenters. The molecule has 2 aliphatic heterocycles. The van der Waals surface area contributed by atoms with Crippen molar-refractivity contribution in [3.63, 3.8) is 0 Å². The van der Waals surface area contributed by atoms with Crippen molar-refractivity contribution in [2.24, 2.45) is 5.92 Å². The van der Waals surface area contributed by atoms with Crippen LogP contribution in [-0.2, 0) is 6.54 Å². The average Bonchev–Trinajstić information content (AvgIpc) is 3.11. The third kappa shape index (κ3) is 5.30. The van der Waals surface area contributed by atoms with Gasteiger partial charge in [0.2, 0.25) is 0 Å². The Kier molecular flexibility index (Phi) is 6.93. The van der Waals surface area contributed by atoms with E-state index in [0.29, 0.717) is 12.1 Å². The van der Waals surface area contributed by atoms with E-state index in [1.54, 1.807) is 6.26 Å². The summed E-state index contributed by atoms with van der Waals surface area (Å²) in [5, 5.41) is 9.48. The summed E-state index contributed by atoms with van der Waals surface area (Å²) in [4.78, 5) is 7.72. The van der Waals surface area contributed by atoms with Gasteiger partial charge in [0, 0.05) is 44.9 Å². The lowest BCUT2D eigenvalue weighted by molar-refractivity contribution is 0.0332. The van der Waals surface area contributed by atoms with Crippen LogP contribution in [-0.4, -0.2) is 77.8 Å². The Morgan fingerprint density at radius 1 is 1.20 bits per heavy atom. The number of rotatable bonds is 7. The van der Waals surface area contributed by atoms with Crippen molar-refractivity contribution >= 4 is 0 Å². The maximum absolute atomic E-state index is 9.48. The number of aliphatic hydroxyl groups is 1. The monoisotopic (exact) mass is 349 g/mol. The van der Waals surface area contributed by atoms with Gasteiger partial charge in [-0.05, 0) is 64.3 Å². The molecule has 0 radical (unpaired) electrons. The molecule has 0 unspecified atom stereocenters. The van der Waals surface area contributed by atoms with Gasteiger partial charge in [0.25, 0.3) is 0 Å². The molecule has 142 valence electrons. The highest BCUT2D eigenvalue weighted by atomic mass is 16.3. The van der Waals surface area contributed by atoms with Crippen molar-refractivity contribution < 1.29 is 9.52 Å². The van der Waals surface area contributed by atoms with Gasteiger partial charge in [0.05, 0.1) is 12.8 Å². The van der Waals surface area contributed by atoms with Crippen LogP contribution in [0.1, 0.15) is 38.9 Å². The number of piperidine rings is 1. The van der Waals surface area contributed by atoms with Crippen LogP contribution in [0, 0.1) is 5.92 Å². The molecule has 1 aromatic rings. The van der Waals surface area contributed by atoms with E-state index in [1.807, 2.05) is 12.1 Å². The van der Waals surface area contributed by atoms with Crippen LogP contribution in [0.5, 0.6) is 0 Å². The van der Waals surface area contributed by atoms with Gasteiger partial charge in [-0.25, -0.2) is 0 Å². The van der Waals surface area contributed by atoms with E-state index in [4.69, 9.17) is 4.42 Å². The summed E-state index contributed by atoms with van der Waals surface area (Å²) in [5.74, 6) is 1.86. The highest BCUT2D eigenvalue weighted by Crippen LogP contribution is 2.23. The molecular formula is C20H35N3O2. The van der Waals surface area contributed by atoms with Gasteiger partial charge in [0.1, 0.15) is 5.76 Å². The molecule has 0 aliphatic carbocycles. The van der Waals surface area contributed by atoms with E-state index >= 15 is 0 Å². The minimum atomic E-state index is 0.264. The predicted molar refractivity (Wildman–Crippen MR) is 100 cm³/mol. The fourth-order valence-corrected chi connectivity index (χ4v) is 4.37. The van der Waals surface area contributed by atoms with Gasteiger partial charge < -0.3 is 19.3 Å². The predicted octanol–water partition coefficient (Wildman–Crippen LogP) is 2.27. The Labute approximate surface area is 152 Å². The minimum absolute atomic E-state index is 0.264. The molecule has 0 aromatic carbocycles. The lowest BCUT2D eigenvalue weighted by Gasteiger charge is -2.43. The van der Waals surface area contributed by atoms with Crippen molar-refractivity contribution in [3.8, 4) is 0 Å². The highest BCUT2D eigenvalue weighted by Gasteiger charge is 2.29. The van der Waals surface area contributed by atoms with Crippen LogP contribution in [0.4, 0.5) is 0 Å². The van der Waals surface area contributed by atoms with Crippen LogP contribution in [0.2, 0.25) is 0 Å². The molecule has 1 N–H and O–H groups in total. The van der Waals surface area contributed by atoms with Crippen LogP contribution in [0.25, 0.3) is 0 Å². The van der Waals surface area contributed by atoms with Crippen LogP contribution < -0.4 is 0 Å². The SMILES string of the molecule is CC(C)N1CCC(CN2CCN(Cc3ccco3)[C@H](CCO)C2)CC1. The summed E-state index contributed by atoms with van der Waals surface area (Å²) < 4.78 is 5.52. The number of aliphatic hydroxyl groups excluding tert-OH is 1.